The van der Waals surface area contributed by atoms with Crippen LogP contribution in [0.15, 0.2) is 28.4 Å². The van der Waals surface area contributed by atoms with Crippen molar-refractivity contribution in [2.75, 3.05) is 0 Å². The van der Waals surface area contributed by atoms with E-state index in [1.165, 1.54) is 12.3 Å². The van der Waals surface area contributed by atoms with Crippen molar-refractivity contribution >= 4 is 35.0 Å². The molecule has 1 atom stereocenters. The molecule has 1 fully saturated rings. The number of benzene rings is 1. The normalized spacial score (nSPS) is 19.9. The van der Waals surface area contributed by atoms with Crippen LogP contribution in [0.25, 0.3) is 0 Å². The third-order valence-electron chi connectivity index (χ3n) is 3.34. The summed E-state index contributed by atoms with van der Waals surface area (Å²) in [6.45, 7) is 5.97. The van der Waals surface area contributed by atoms with Gasteiger partial charge in [-0.1, -0.05) is 44.7 Å². The van der Waals surface area contributed by atoms with Gasteiger partial charge in [0.1, 0.15) is 5.82 Å². The number of rotatable bonds is 4. The lowest BCUT2D eigenvalue weighted by Crippen LogP contribution is -2.31. The summed E-state index contributed by atoms with van der Waals surface area (Å²) in [4.78, 5) is 22.0. The van der Waals surface area contributed by atoms with E-state index in [-0.39, 0.29) is 16.1 Å². The van der Waals surface area contributed by atoms with Gasteiger partial charge >= 0.3 is 0 Å². The van der Waals surface area contributed by atoms with Gasteiger partial charge in [0, 0.05) is 18.0 Å². The van der Waals surface area contributed by atoms with Crippen molar-refractivity contribution in [1.29, 1.82) is 0 Å². The van der Waals surface area contributed by atoms with Crippen LogP contribution < -0.4 is 10.4 Å². The SMILES string of the molecule is CC(C)(C)c1ccc(/C=N/N=C2\NC(=O)C(CC(=O)[O-])S2)c(F)c1. The maximum Gasteiger partial charge on any atom is 0.239 e. The first kappa shape index (κ1) is 18.1. The second-order valence-electron chi connectivity index (χ2n) is 6.31. The Labute approximate surface area is 143 Å². The fourth-order valence-corrected chi connectivity index (χ4v) is 2.89. The molecule has 0 aliphatic carbocycles. The Bertz CT molecular complexity index is 726. The quantitative estimate of drug-likeness (QED) is 0.652. The molecule has 1 amide bonds. The number of hydrogen-bond donors (Lipinski definition) is 1. The number of nitrogens with zero attached hydrogens (tertiary/aromatic N) is 2. The highest BCUT2D eigenvalue weighted by Gasteiger charge is 2.30. The Morgan fingerprint density at radius 2 is 2.17 bits per heavy atom. The van der Waals surface area contributed by atoms with Crippen molar-refractivity contribution in [2.24, 2.45) is 10.2 Å². The van der Waals surface area contributed by atoms with E-state index in [2.05, 4.69) is 15.5 Å². The zero-order valence-electron chi connectivity index (χ0n) is 13.5. The summed E-state index contributed by atoms with van der Waals surface area (Å²) >= 11 is 0.953. The number of amides is 1. The zero-order chi connectivity index (χ0) is 17.9. The average molecular weight is 350 g/mol. The van der Waals surface area contributed by atoms with E-state index in [1.54, 1.807) is 6.07 Å². The predicted molar refractivity (Wildman–Crippen MR) is 89.3 cm³/mol. The minimum absolute atomic E-state index is 0.157. The van der Waals surface area contributed by atoms with Crippen LogP contribution in [0.1, 0.15) is 38.3 Å². The number of nitrogens with one attached hydrogen (secondary N) is 1. The first-order chi connectivity index (χ1) is 11.2. The lowest BCUT2D eigenvalue weighted by Gasteiger charge is -2.19. The van der Waals surface area contributed by atoms with E-state index in [0.29, 0.717) is 0 Å². The number of halogens is 1. The van der Waals surface area contributed by atoms with Crippen LogP contribution in [-0.2, 0) is 15.0 Å². The lowest BCUT2D eigenvalue weighted by atomic mass is 9.86. The molecule has 1 aliphatic heterocycles. The molecule has 0 saturated carbocycles. The van der Waals surface area contributed by atoms with Gasteiger partial charge in [-0.25, -0.2) is 4.39 Å². The Morgan fingerprint density at radius 1 is 1.46 bits per heavy atom. The molecule has 1 aromatic carbocycles. The fourth-order valence-electron chi connectivity index (χ4n) is 1.98. The van der Waals surface area contributed by atoms with Gasteiger partial charge in [-0.2, -0.15) is 5.10 Å². The molecular formula is C16H17FN3O3S-. The number of amidine groups is 1. The number of carbonyl (C=O) groups excluding carboxylic acids is 2. The predicted octanol–water partition coefficient (Wildman–Crippen LogP) is 1.18. The maximum absolute atomic E-state index is 14.1. The second kappa shape index (κ2) is 7.12. The molecule has 128 valence electrons. The molecule has 2 rings (SSSR count). The highest BCUT2D eigenvalue weighted by Crippen LogP contribution is 2.24. The first-order valence-corrected chi connectivity index (χ1v) is 8.13. The van der Waals surface area contributed by atoms with Crippen molar-refractivity contribution in [3.63, 3.8) is 0 Å². The smallest absolute Gasteiger partial charge is 0.239 e. The number of carboxylic acids is 1. The summed E-state index contributed by atoms with van der Waals surface area (Å²) in [5.41, 5.74) is 0.982. The Hall–Kier alpha value is -2.22. The van der Waals surface area contributed by atoms with E-state index in [9.17, 15) is 19.1 Å². The van der Waals surface area contributed by atoms with Gasteiger partial charge in [0.25, 0.3) is 0 Å². The lowest BCUT2D eigenvalue weighted by molar-refractivity contribution is -0.305. The van der Waals surface area contributed by atoms with Crippen LogP contribution in [0, 0.1) is 5.82 Å². The molecule has 1 heterocycles. The highest BCUT2D eigenvalue weighted by atomic mass is 32.2. The largest absolute Gasteiger partial charge is 0.550 e. The number of carboxylic acid groups (broad SMARTS) is 1. The summed E-state index contributed by atoms with van der Waals surface area (Å²) in [6, 6.07) is 4.88. The molecule has 24 heavy (non-hydrogen) atoms. The van der Waals surface area contributed by atoms with Crippen LogP contribution in [0.3, 0.4) is 0 Å². The summed E-state index contributed by atoms with van der Waals surface area (Å²) in [7, 11) is 0. The zero-order valence-corrected chi connectivity index (χ0v) is 14.3. The third kappa shape index (κ3) is 4.64. The van der Waals surface area contributed by atoms with Crippen molar-refractivity contribution in [1.82, 2.24) is 5.32 Å². The van der Waals surface area contributed by atoms with Crippen LogP contribution in [-0.4, -0.2) is 28.5 Å². The molecule has 0 spiro atoms. The molecule has 1 aromatic rings. The van der Waals surface area contributed by atoms with E-state index in [0.717, 1.165) is 17.3 Å². The third-order valence-corrected chi connectivity index (χ3v) is 4.41. The molecule has 1 N–H and O–H groups in total. The molecule has 0 aromatic heterocycles. The number of thioether (sulfide) groups is 1. The summed E-state index contributed by atoms with van der Waals surface area (Å²) in [5, 5.41) is 19.9. The molecule has 8 heteroatoms. The van der Waals surface area contributed by atoms with Gasteiger partial charge in [-0.05, 0) is 17.0 Å². The van der Waals surface area contributed by atoms with Gasteiger partial charge in [-0.3, -0.25) is 4.79 Å². The van der Waals surface area contributed by atoms with Gasteiger partial charge in [0.2, 0.25) is 5.91 Å². The molecule has 1 aliphatic rings. The van der Waals surface area contributed by atoms with Gasteiger partial charge < -0.3 is 15.2 Å². The minimum atomic E-state index is -1.31. The van der Waals surface area contributed by atoms with E-state index in [1.807, 2.05) is 26.8 Å². The minimum Gasteiger partial charge on any atom is -0.550 e. The van der Waals surface area contributed by atoms with Crippen LogP contribution in [0.2, 0.25) is 0 Å². The van der Waals surface area contributed by atoms with Crippen LogP contribution >= 0.6 is 11.8 Å². The number of aliphatic carboxylic acids is 1. The van der Waals surface area contributed by atoms with E-state index < -0.39 is 29.4 Å². The molecule has 0 bridgehead atoms. The van der Waals surface area contributed by atoms with Crippen molar-refractivity contribution in [2.45, 2.75) is 37.9 Å². The van der Waals surface area contributed by atoms with Crippen molar-refractivity contribution in [3.05, 3.63) is 35.1 Å². The van der Waals surface area contributed by atoms with Crippen molar-refractivity contribution in [3.8, 4) is 0 Å². The molecule has 0 radical (unpaired) electrons. The Balaban J connectivity index is 2.07. The van der Waals surface area contributed by atoms with E-state index >= 15 is 0 Å². The molecule has 6 nitrogen and oxygen atoms in total. The topological polar surface area (TPSA) is 94.0 Å². The highest BCUT2D eigenvalue weighted by molar-refractivity contribution is 8.15. The average Bonchev–Trinajstić information content (AvgIpc) is 2.79. The van der Waals surface area contributed by atoms with Crippen LogP contribution in [0.4, 0.5) is 4.39 Å². The number of carbonyl (C=O) groups is 2. The Kier molecular flexibility index (Phi) is 5.38. The van der Waals surface area contributed by atoms with E-state index in [4.69, 9.17) is 0 Å². The maximum atomic E-state index is 14.1. The first-order valence-electron chi connectivity index (χ1n) is 7.25. The summed E-state index contributed by atoms with van der Waals surface area (Å²) < 4.78 is 14.1. The fraction of sp³-hybridized carbons (Fsp3) is 0.375. The van der Waals surface area contributed by atoms with Crippen molar-refractivity contribution < 1.29 is 19.1 Å². The standard InChI is InChI=1S/C16H18FN3O3S/c1-16(2,3)10-5-4-9(11(17)6-10)8-18-20-15-19-14(23)12(24-15)7-13(21)22/h4-6,8,12H,7H2,1-3H3,(H,21,22)(H,19,20,23)/p-1/b18-8+. The van der Waals surface area contributed by atoms with Gasteiger partial charge in [-0.15, -0.1) is 5.10 Å². The summed E-state index contributed by atoms with van der Waals surface area (Å²) in [6.07, 6.45) is 0.843. The van der Waals surface area contributed by atoms with Gasteiger partial charge in [0.05, 0.1) is 11.5 Å². The second-order valence-corrected chi connectivity index (χ2v) is 7.50. The molecule has 1 saturated heterocycles. The molecule has 1 unspecified atom stereocenters. The molecular weight excluding hydrogens is 333 g/mol. The number of hydrogen-bond acceptors (Lipinski definition) is 6. The van der Waals surface area contributed by atoms with Crippen LogP contribution in [0.5, 0.6) is 0 Å². The monoisotopic (exact) mass is 350 g/mol. The van der Waals surface area contributed by atoms with Gasteiger partial charge in [0.15, 0.2) is 5.17 Å². The summed E-state index contributed by atoms with van der Waals surface area (Å²) in [5.74, 6) is -2.18. The Morgan fingerprint density at radius 3 is 2.75 bits per heavy atom.